The summed E-state index contributed by atoms with van der Waals surface area (Å²) in [5.74, 6) is -0.200. The second-order valence-corrected chi connectivity index (χ2v) is 5.88. The zero-order valence-corrected chi connectivity index (χ0v) is 13.2. The highest BCUT2D eigenvalue weighted by Gasteiger charge is 2.03. The zero-order chi connectivity index (χ0) is 12.7. The molecule has 1 rings (SSSR count). The van der Waals surface area contributed by atoms with E-state index in [1.165, 1.54) is 25.3 Å². The summed E-state index contributed by atoms with van der Waals surface area (Å²) in [5.41, 5.74) is 1.14. The van der Waals surface area contributed by atoms with E-state index in [-0.39, 0.29) is 5.82 Å². The van der Waals surface area contributed by atoms with Gasteiger partial charge in [-0.15, -0.1) is 0 Å². The van der Waals surface area contributed by atoms with Crippen LogP contribution in [0.5, 0.6) is 0 Å². The van der Waals surface area contributed by atoms with E-state index in [0.717, 1.165) is 24.0 Å². The molecule has 0 aliphatic rings. The Morgan fingerprint density at radius 1 is 1.24 bits per heavy atom. The summed E-state index contributed by atoms with van der Waals surface area (Å²) in [7, 11) is 2.10. The molecule has 0 bridgehead atoms. The molecule has 0 radical (unpaired) electrons. The Balaban J connectivity index is 2.34. The van der Waals surface area contributed by atoms with E-state index in [4.69, 9.17) is 0 Å². The second-order valence-electron chi connectivity index (χ2n) is 4.24. The lowest BCUT2D eigenvalue weighted by Gasteiger charge is -2.16. The molecule has 0 atom stereocenters. The highest BCUT2D eigenvalue weighted by atomic mass is 79.9. The van der Waals surface area contributed by atoms with Crippen LogP contribution in [0.3, 0.4) is 0 Å². The third kappa shape index (κ3) is 5.98. The van der Waals surface area contributed by atoms with E-state index >= 15 is 0 Å². The first-order valence-electron chi connectivity index (χ1n) is 5.82. The minimum Gasteiger partial charge on any atom is -0.302 e. The number of benzene rings is 1. The molecular formula is C13H18Br2FN. The molecule has 0 heterocycles. The van der Waals surface area contributed by atoms with E-state index in [9.17, 15) is 4.39 Å². The topological polar surface area (TPSA) is 3.24 Å². The van der Waals surface area contributed by atoms with Crippen molar-refractivity contribution in [3.8, 4) is 0 Å². The van der Waals surface area contributed by atoms with Gasteiger partial charge in [-0.2, -0.15) is 0 Å². The Hall–Kier alpha value is 0.0700. The maximum Gasteiger partial charge on any atom is 0.137 e. The van der Waals surface area contributed by atoms with Crippen molar-refractivity contribution in [3.05, 3.63) is 34.1 Å². The molecule has 0 aliphatic carbocycles. The summed E-state index contributed by atoms with van der Waals surface area (Å²) in [5, 5.41) is 1.08. The first-order chi connectivity index (χ1) is 8.13. The lowest BCUT2D eigenvalue weighted by Crippen LogP contribution is -2.19. The summed E-state index contributed by atoms with van der Waals surface area (Å²) in [6, 6.07) is 5.21. The van der Waals surface area contributed by atoms with E-state index in [0.29, 0.717) is 4.47 Å². The fourth-order valence-corrected chi connectivity index (χ4v) is 2.50. The SMILES string of the molecule is CN(CCCCCBr)Cc1ccc(F)c(Br)c1. The van der Waals surface area contributed by atoms with Crippen LogP contribution < -0.4 is 0 Å². The molecule has 96 valence electrons. The Morgan fingerprint density at radius 3 is 2.65 bits per heavy atom. The molecule has 0 amide bonds. The van der Waals surface area contributed by atoms with Crippen molar-refractivity contribution >= 4 is 31.9 Å². The van der Waals surface area contributed by atoms with Gasteiger partial charge in [0, 0.05) is 11.9 Å². The number of halogens is 3. The van der Waals surface area contributed by atoms with Gasteiger partial charge in [0.25, 0.3) is 0 Å². The predicted octanol–water partition coefficient (Wildman–Crippen LogP) is 4.59. The minimum absolute atomic E-state index is 0.200. The second kappa shape index (κ2) is 8.22. The summed E-state index contributed by atoms with van der Waals surface area (Å²) in [6.45, 7) is 1.95. The van der Waals surface area contributed by atoms with E-state index in [1.54, 1.807) is 0 Å². The quantitative estimate of drug-likeness (QED) is 0.504. The van der Waals surface area contributed by atoms with Gasteiger partial charge in [0.2, 0.25) is 0 Å². The number of hydrogen-bond acceptors (Lipinski definition) is 1. The average molecular weight is 367 g/mol. The largest absolute Gasteiger partial charge is 0.302 e. The Morgan fingerprint density at radius 2 is 2.00 bits per heavy atom. The van der Waals surface area contributed by atoms with Crippen LogP contribution in [0.25, 0.3) is 0 Å². The molecule has 0 unspecified atom stereocenters. The smallest absolute Gasteiger partial charge is 0.137 e. The van der Waals surface area contributed by atoms with Crippen LogP contribution in [-0.2, 0) is 6.54 Å². The third-order valence-corrected chi connectivity index (χ3v) is 3.78. The Labute approximate surface area is 120 Å². The van der Waals surface area contributed by atoms with Crippen molar-refractivity contribution in [2.45, 2.75) is 25.8 Å². The molecule has 0 fully saturated rings. The summed E-state index contributed by atoms with van der Waals surface area (Å²) in [6.07, 6.45) is 3.70. The van der Waals surface area contributed by atoms with Crippen LogP contribution in [0, 0.1) is 5.82 Å². The molecule has 1 nitrogen and oxygen atoms in total. The van der Waals surface area contributed by atoms with Crippen molar-refractivity contribution in [1.82, 2.24) is 4.90 Å². The van der Waals surface area contributed by atoms with E-state index in [1.807, 2.05) is 12.1 Å². The molecule has 0 aliphatic heterocycles. The fraction of sp³-hybridized carbons (Fsp3) is 0.538. The third-order valence-electron chi connectivity index (χ3n) is 2.61. The van der Waals surface area contributed by atoms with Crippen molar-refractivity contribution in [2.75, 3.05) is 18.9 Å². The molecule has 0 saturated carbocycles. The first-order valence-corrected chi connectivity index (χ1v) is 7.73. The molecule has 0 spiro atoms. The number of unbranched alkanes of at least 4 members (excludes halogenated alkanes) is 2. The van der Waals surface area contributed by atoms with Gasteiger partial charge in [0.1, 0.15) is 5.82 Å². The van der Waals surface area contributed by atoms with Gasteiger partial charge in [0.15, 0.2) is 0 Å². The standard InChI is InChI=1S/C13H18Br2FN/c1-17(8-4-2-3-7-14)10-11-5-6-13(16)12(15)9-11/h5-6,9H,2-4,7-8,10H2,1H3. The van der Waals surface area contributed by atoms with Crippen LogP contribution >= 0.6 is 31.9 Å². The van der Waals surface area contributed by atoms with Crippen molar-refractivity contribution in [2.24, 2.45) is 0 Å². The van der Waals surface area contributed by atoms with E-state index in [2.05, 4.69) is 43.8 Å². The zero-order valence-electron chi connectivity index (χ0n) is 10.1. The van der Waals surface area contributed by atoms with Gasteiger partial charge in [-0.25, -0.2) is 4.39 Å². The number of rotatable bonds is 7. The van der Waals surface area contributed by atoms with Gasteiger partial charge < -0.3 is 4.90 Å². The Bertz CT molecular complexity index is 344. The normalized spacial score (nSPS) is 11.1. The maximum atomic E-state index is 13.1. The molecule has 0 aromatic heterocycles. The molecule has 4 heteroatoms. The van der Waals surface area contributed by atoms with E-state index < -0.39 is 0 Å². The molecular weight excluding hydrogens is 349 g/mol. The predicted molar refractivity (Wildman–Crippen MR) is 78.1 cm³/mol. The van der Waals surface area contributed by atoms with Gasteiger partial charge in [-0.1, -0.05) is 28.4 Å². The highest BCUT2D eigenvalue weighted by molar-refractivity contribution is 9.10. The van der Waals surface area contributed by atoms with Crippen LogP contribution in [0.1, 0.15) is 24.8 Å². The van der Waals surface area contributed by atoms with Crippen molar-refractivity contribution < 1.29 is 4.39 Å². The lowest BCUT2D eigenvalue weighted by molar-refractivity contribution is 0.318. The van der Waals surface area contributed by atoms with Gasteiger partial charge >= 0.3 is 0 Å². The van der Waals surface area contributed by atoms with Crippen LogP contribution in [0.15, 0.2) is 22.7 Å². The molecule has 1 aromatic carbocycles. The van der Waals surface area contributed by atoms with Crippen molar-refractivity contribution in [1.29, 1.82) is 0 Å². The first kappa shape index (κ1) is 15.1. The van der Waals surface area contributed by atoms with Gasteiger partial charge in [-0.3, -0.25) is 0 Å². The van der Waals surface area contributed by atoms with Gasteiger partial charge in [-0.05, 0) is 60.1 Å². The summed E-state index contributed by atoms with van der Waals surface area (Å²) < 4.78 is 13.6. The molecule has 0 saturated heterocycles. The van der Waals surface area contributed by atoms with Crippen molar-refractivity contribution in [3.63, 3.8) is 0 Å². The average Bonchev–Trinajstić information content (AvgIpc) is 2.30. The minimum atomic E-state index is -0.200. The fourth-order valence-electron chi connectivity index (χ4n) is 1.68. The maximum absolute atomic E-state index is 13.1. The number of alkyl halides is 1. The number of nitrogens with zero attached hydrogens (tertiary/aromatic N) is 1. The number of hydrogen-bond donors (Lipinski definition) is 0. The highest BCUT2D eigenvalue weighted by Crippen LogP contribution is 2.17. The van der Waals surface area contributed by atoms with Gasteiger partial charge in [0.05, 0.1) is 4.47 Å². The summed E-state index contributed by atoms with van der Waals surface area (Å²) in [4.78, 5) is 2.27. The molecule has 0 N–H and O–H groups in total. The van der Waals surface area contributed by atoms with Crippen LogP contribution in [0.4, 0.5) is 4.39 Å². The Kier molecular flexibility index (Phi) is 7.32. The van der Waals surface area contributed by atoms with Crippen LogP contribution in [0.2, 0.25) is 0 Å². The lowest BCUT2D eigenvalue weighted by atomic mass is 10.2. The monoisotopic (exact) mass is 365 g/mol. The molecule has 1 aromatic rings. The molecule has 17 heavy (non-hydrogen) atoms. The van der Waals surface area contributed by atoms with Crippen LogP contribution in [-0.4, -0.2) is 23.8 Å². The summed E-state index contributed by atoms with van der Waals surface area (Å²) >= 11 is 6.64.